The fourth-order valence-corrected chi connectivity index (χ4v) is 6.27. The third kappa shape index (κ3) is 3.28. The van der Waals surface area contributed by atoms with E-state index in [-0.39, 0.29) is 28.6 Å². The van der Waals surface area contributed by atoms with E-state index in [1.807, 2.05) is 13.8 Å². The lowest BCUT2D eigenvalue weighted by molar-refractivity contribution is -0.274. The van der Waals surface area contributed by atoms with Crippen LogP contribution in [0, 0.1) is 16.7 Å². The maximum absolute atomic E-state index is 12.6. The molecule has 2 fully saturated rings. The van der Waals surface area contributed by atoms with E-state index < -0.39 is 27.6 Å². The number of anilines is 1. The molecule has 0 radical (unpaired) electrons. The molecule has 26 heavy (non-hydrogen) atoms. The van der Waals surface area contributed by atoms with Crippen LogP contribution in [0.2, 0.25) is 0 Å². The van der Waals surface area contributed by atoms with Crippen LogP contribution in [0.5, 0.6) is 5.75 Å². The SMILES string of the molecule is CC1(C)C2CCC1(CS(=O)(=O)Nc1ccc(OC(F)(F)F)cc1)C(=O)C2. The summed E-state index contributed by atoms with van der Waals surface area (Å²) in [5.41, 5.74) is -1.17. The van der Waals surface area contributed by atoms with Gasteiger partial charge in [0.15, 0.2) is 0 Å². The minimum absolute atomic E-state index is 0.0157. The van der Waals surface area contributed by atoms with Crippen LogP contribution in [0.25, 0.3) is 0 Å². The molecule has 2 bridgehead atoms. The van der Waals surface area contributed by atoms with E-state index in [4.69, 9.17) is 0 Å². The van der Waals surface area contributed by atoms with Gasteiger partial charge in [-0.05, 0) is 48.4 Å². The molecule has 2 saturated carbocycles. The standard InChI is InChI=1S/C17H20F3NO4S/c1-15(2)11-7-8-16(15,14(22)9-11)10-26(23,24)21-12-3-5-13(6-4-12)25-17(18,19)20/h3-6,11,21H,7-10H2,1-2H3. The van der Waals surface area contributed by atoms with Gasteiger partial charge in [-0.15, -0.1) is 13.2 Å². The highest BCUT2D eigenvalue weighted by Crippen LogP contribution is 2.64. The van der Waals surface area contributed by atoms with Gasteiger partial charge in [0.2, 0.25) is 10.0 Å². The molecule has 2 aliphatic rings. The molecule has 0 aliphatic heterocycles. The van der Waals surface area contributed by atoms with Crippen LogP contribution < -0.4 is 9.46 Å². The van der Waals surface area contributed by atoms with Crippen molar-refractivity contribution in [3.05, 3.63) is 24.3 Å². The first kappa shape index (κ1) is 19.0. The van der Waals surface area contributed by atoms with Crippen LogP contribution in [0.4, 0.5) is 18.9 Å². The molecule has 2 unspecified atom stereocenters. The van der Waals surface area contributed by atoms with Crippen LogP contribution in [0.1, 0.15) is 33.1 Å². The van der Waals surface area contributed by atoms with Gasteiger partial charge in [-0.1, -0.05) is 13.8 Å². The lowest BCUT2D eigenvalue weighted by atomic mass is 9.70. The third-order valence-corrected chi connectivity index (χ3v) is 7.36. The van der Waals surface area contributed by atoms with Gasteiger partial charge in [0.1, 0.15) is 11.5 Å². The number of hydrogen-bond acceptors (Lipinski definition) is 4. The highest BCUT2D eigenvalue weighted by Gasteiger charge is 2.65. The molecule has 0 spiro atoms. The van der Waals surface area contributed by atoms with Gasteiger partial charge < -0.3 is 4.74 Å². The minimum atomic E-state index is -4.81. The zero-order valence-electron chi connectivity index (χ0n) is 14.4. The minimum Gasteiger partial charge on any atom is -0.406 e. The van der Waals surface area contributed by atoms with E-state index in [1.54, 1.807) is 0 Å². The second-order valence-corrected chi connectivity index (χ2v) is 9.32. The van der Waals surface area contributed by atoms with Crippen molar-refractivity contribution < 1.29 is 31.1 Å². The molecule has 0 heterocycles. The number of nitrogens with one attached hydrogen (secondary N) is 1. The first-order valence-electron chi connectivity index (χ1n) is 8.24. The molecule has 0 aromatic heterocycles. The fraction of sp³-hybridized carbons (Fsp3) is 0.588. The fourth-order valence-electron chi connectivity index (χ4n) is 4.37. The van der Waals surface area contributed by atoms with Crippen LogP contribution >= 0.6 is 0 Å². The van der Waals surface area contributed by atoms with Gasteiger partial charge in [0.05, 0.1) is 11.2 Å². The van der Waals surface area contributed by atoms with Gasteiger partial charge in [0.25, 0.3) is 0 Å². The Labute approximate surface area is 150 Å². The van der Waals surface area contributed by atoms with Crippen molar-refractivity contribution in [2.45, 2.75) is 39.5 Å². The summed E-state index contributed by atoms with van der Waals surface area (Å²) in [7, 11) is -3.85. The number of benzene rings is 1. The lowest BCUT2D eigenvalue weighted by Gasteiger charge is -2.36. The molecule has 2 aliphatic carbocycles. The van der Waals surface area contributed by atoms with Crippen LogP contribution in [0.15, 0.2) is 24.3 Å². The van der Waals surface area contributed by atoms with Gasteiger partial charge in [0, 0.05) is 12.1 Å². The van der Waals surface area contributed by atoms with Crippen molar-refractivity contribution in [1.82, 2.24) is 0 Å². The van der Waals surface area contributed by atoms with E-state index in [1.165, 1.54) is 12.1 Å². The number of carbonyl (C=O) groups excluding carboxylic acids is 1. The zero-order valence-corrected chi connectivity index (χ0v) is 15.2. The first-order chi connectivity index (χ1) is 11.8. The van der Waals surface area contributed by atoms with Gasteiger partial charge in [-0.3, -0.25) is 9.52 Å². The quantitative estimate of drug-likeness (QED) is 0.830. The van der Waals surface area contributed by atoms with Crippen molar-refractivity contribution >= 4 is 21.5 Å². The number of hydrogen-bond donors (Lipinski definition) is 1. The van der Waals surface area contributed by atoms with Crippen molar-refractivity contribution in [2.75, 3.05) is 10.5 Å². The first-order valence-corrected chi connectivity index (χ1v) is 9.89. The Balaban J connectivity index is 1.75. The molecular weight excluding hydrogens is 371 g/mol. The second-order valence-electron chi connectivity index (χ2n) is 7.60. The van der Waals surface area contributed by atoms with Crippen molar-refractivity contribution in [3.63, 3.8) is 0 Å². The van der Waals surface area contributed by atoms with E-state index in [2.05, 4.69) is 9.46 Å². The Morgan fingerprint density at radius 2 is 1.85 bits per heavy atom. The van der Waals surface area contributed by atoms with Crippen LogP contribution in [0.3, 0.4) is 0 Å². The Hall–Kier alpha value is -1.77. The summed E-state index contributed by atoms with van der Waals surface area (Å²) in [5.74, 6) is -0.574. The highest BCUT2D eigenvalue weighted by molar-refractivity contribution is 7.92. The Morgan fingerprint density at radius 3 is 2.31 bits per heavy atom. The van der Waals surface area contributed by atoms with Crippen molar-refractivity contribution in [1.29, 1.82) is 0 Å². The average molecular weight is 391 g/mol. The lowest BCUT2D eigenvalue weighted by Crippen LogP contribution is -2.43. The maximum Gasteiger partial charge on any atom is 0.573 e. The smallest absolute Gasteiger partial charge is 0.406 e. The number of carbonyl (C=O) groups is 1. The Morgan fingerprint density at radius 1 is 1.23 bits per heavy atom. The largest absolute Gasteiger partial charge is 0.573 e. The predicted octanol–water partition coefficient (Wildman–Crippen LogP) is 3.72. The normalized spacial score (nSPS) is 27.6. The predicted molar refractivity (Wildman–Crippen MR) is 89.1 cm³/mol. The molecule has 0 amide bonds. The van der Waals surface area contributed by atoms with Crippen molar-refractivity contribution in [2.24, 2.45) is 16.7 Å². The summed E-state index contributed by atoms with van der Waals surface area (Å²) in [5, 5.41) is 0. The molecule has 1 N–H and O–H groups in total. The summed E-state index contributed by atoms with van der Waals surface area (Å²) in [6.45, 7) is 3.88. The maximum atomic E-state index is 12.6. The van der Waals surface area contributed by atoms with Crippen LogP contribution in [-0.4, -0.2) is 26.3 Å². The summed E-state index contributed by atoms with van der Waals surface area (Å²) in [6, 6.07) is 4.44. The Kier molecular flexibility index (Phi) is 4.29. The number of ketones is 1. The number of fused-ring (bicyclic) bond motifs is 2. The van der Waals surface area contributed by atoms with Gasteiger partial charge in [-0.2, -0.15) is 0 Å². The van der Waals surface area contributed by atoms with Gasteiger partial charge >= 0.3 is 6.36 Å². The molecular formula is C17H20F3NO4S. The Bertz CT molecular complexity index is 817. The molecule has 144 valence electrons. The number of Topliss-reactive ketones (excluding diaryl/α,β-unsaturated/α-hetero) is 1. The third-order valence-electron chi connectivity index (χ3n) is 5.94. The van der Waals surface area contributed by atoms with Crippen LogP contribution in [-0.2, 0) is 14.8 Å². The zero-order chi connectivity index (χ0) is 19.4. The topological polar surface area (TPSA) is 72.5 Å². The number of rotatable bonds is 5. The number of sulfonamides is 1. The highest BCUT2D eigenvalue weighted by atomic mass is 32.2. The molecule has 2 atom stereocenters. The summed E-state index contributed by atoms with van der Waals surface area (Å²) in [4.78, 5) is 12.5. The molecule has 0 saturated heterocycles. The molecule has 9 heteroatoms. The number of ether oxygens (including phenoxy) is 1. The summed E-state index contributed by atoms with van der Waals surface area (Å²) in [6.07, 6.45) is -3.03. The molecule has 1 aromatic carbocycles. The molecule has 3 rings (SSSR count). The molecule has 1 aromatic rings. The number of alkyl halides is 3. The van der Waals surface area contributed by atoms with E-state index >= 15 is 0 Å². The van der Waals surface area contributed by atoms with E-state index in [9.17, 15) is 26.4 Å². The second kappa shape index (κ2) is 5.87. The average Bonchev–Trinajstić information content (AvgIpc) is 2.81. The number of halogens is 3. The molecule has 5 nitrogen and oxygen atoms in total. The van der Waals surface area contributed by atoms with Crippen molar-refractivity contribution in [3.8, 4) is 5.75 Å². The summed E-state index contributed by atoms with van der Waals surface area (Å²) < 4.78 is 67.8. The summed E-state index contributed by atoms with van der Waals surface area (Å²) >= 11 is 0. The van der Waals surface area contributed by atoms with E-state index in [0.717, 1.165) is 18.6 Å². The monoisotopic (exact) mass is 391 g/mol. The van der Waals surface area contributed by atoms with E-state index in [0.29, 0.717) is 12.8 Å². The van der Waals surface area contributed by atoms with Gasteiger partial charge in [-0.25, -0.2) is 8.42 Å².